The fourth-order valence-corrected chi connectivity index (χ4v) is 0.983. The summed E-state index contributed by atoms with van der Waals surface area (Å²) in [5.74, 6) is -0.937. The minimum absolute atomic E-state index is 0.0832. The molecule has 5 heteroatoms. The zero-order chi connectivity index (χ0) is 10.8. The van der Waals surface area contributed by atoms with Gasteiger partial charge in [-0.15, -0.1) is 0 Å². The second-order valence-corrected chi connectivity index (χ2v) is 2.63. The molecule has 2 N–H and O–H groups in total. The molecular formula is C9H7F4N. The predicted molar refractivity (Wildman–Crippen MR) is 44.6 cm³/mol. The largest absolute Gasteiger partial charge is 0.416 e. The van der Waals surface area contributed by atoms with Gasteiger partial charge in [0.2, 0.25) is 0 Å². The summed E-state index contributed by atoms with van der Waals surface area (Å²) in [6, 6.07) is 2.24. The second-order valence-electron chi connectivity index (χ2n) is 2.63. The molecule has 0 heterocycles. The summed E-state index contributed by atoms with van der Waals surface area (Å²) >= 11 is 0. The molecule has 1 nitrogen and oxygen atoms in total. The van der Waals surface area contributed by atoms with Gasteiger partial charge < -0.3 is 5.73 Å². The van der Waals surface area contributed by atoms with Crippen LogP contribution in [0.1, 0.15) is 11.1 Å². The Morgan fingerprint density at radius 3 is 2.29 bits per heavy atom. The summed E-state index contributed by atoms with van der Waals surface area (Å²) in [7, 11) is 0. The van der Waals surface area contributed by atoms with Crippen molar-refractivity contribution >= 4 is 6.08 Å². The highest BCUT2D eigenvalue weighted by Crippen LogP contribution is 2.30. The summed E-state index contributed by atoms with van der Waals surface area (Å²) in [6.07, 6.45) is -2.30. The summed E-state index contributed by atoms with van der Waals surface area (Å²) in [6.45, 7) is 0. The molecule has 0 aromatic heterocycles. The first-order valence-corrected chi connectivity index (χ1v) is 3.69. The summed E-state index contributed by atoms with van der Waals surface area (Å²) < 4.78 is 49.2. The van der Waals surface area contributed by atoms with Gasteiger partial charge in [-0.2, -0.15) is 13.2 Å². The number of rotatable bonds is 1. The Kier molecular flexibility index (Phi) is 2.78. The van der Waals surface area contributed by atoms with Gasteiger partial charge in [0, 0.05) is 0 Å². The number of hydrogen-bond acceptors (Lipinski definition) is 1. The third kappa shape index (κ3) is 2.48. The molecule has 0 bridgehead atoms. The van der Waals surface area contributed by atoms with Crippen molar-refractivity contribution in [2.45, 2.75) is 6.18 Å². The van der Waals surface area contributed by atoms with Crippen LogP contribution in [0.3, 0.4) is 0 Å². The van der Waals surface area contributed by atoms with Gasteiger partial charge in [-0.05, 0) is 36.0 Å². The van der Waals surface area contributed by atoms with Crippen LogP contribution < -0.4 is 5.73 Å². The molecule has 1 aromatic rings. The van der Waals surface area contributed by atoms with Crippen molar-refractivity contribution in [3.63, 3.8) is 0 Å². The van der Waals surface area contributed by atoms with Crippen molar-refractivity contribution in [2.75, 3.05) is 0 Å². The Labute approximate surface area is 77.8 Å². The summed E-state index contributed by atoms with van der Waals surface area (Å²) in [4.78, 5) is 0. The van der Waals surface area contributed by atoms with Crippen LogP contribution in [0.25, 0.3) is 6.08 Å². The Morgan fingerprint density at radius 1 is 1.14 bits per heavy atom. The van der Waals surface area contributed by atoms with Gasteiger partial charge in [-0.25, -0.2) is 4.39 Å². The van der Waals surface area contributed by atoms with E-state index in [1.165, 1.54) is 6.08 Å². The Bertz CT molecular complexity index is 354. The number of alkyl halides is 3. The van der Waals surface area contributed by atoms with Gasteiger partial charge in [0.25, 0.3) is 0 Å². The van der Waals surface area contributed by atoms with Crippen LogP contribution in [0.15, 0.2) is 24.4 Å². The van der Waals surface area contributed by atoms with E-state index in [1.807, 2.05) is 0 Å². The van der Waals surface area contributed by atoms with E-state index in [0.717, 1.165) is 18.3 Å². The van der Waals surface area contributed by atoms with Gasteiger partial charge >= 0.3 is 6.18 Å². The minimum Gasteiger partial charge on any atom is -0.405 e. The van der Waals surface area contributed by atoms with E-state index < -0.39 is 17.6 Å². The summed E-state index contributed by atoms with van der Waals surface area (Å²) in [5.41, 5.74) is 4.05. The van der Waals surface area contributed by atoms with Crippen LogP contribution >= 0.6 is 0 Å². The molecule has 0 saturated heterocycles. The Hall–Kier alpha value is -1.52. The standard InChI is InChI=1S/C9H7F4N/c10-8-4-6(1-2-14)3-7(5-8)9(11,12)13/h1-5H,14H2. The molecule has 0 spiro atoms. The molecule has 0 aliphatic rings. The van der Waals surface area contributed by atoms with Crippen LogP contribution in [0.2, 0.25) is 0 Å². The van der Waals surface area contributed by atoms with Crippen molar-refractivity contribution in [1.29, 1.82) is 0 Å². The first-order chi connectivity index (χ1) is 6.43. The maximum Gasteiger partial charge on any atom is 0.416 e. The van der Waals surface area contributed by atoms with Crippen LogP contribution in [0.4, 0.5) is 17.6 Å². The number of halogens is 4. The summed E-state index contributed by atoms with van der Waals surface area (Å²) in [5, 5.41) is 0. The van der Waals surface area contributed by atoms with Crippen LogP contribution in [0.5, 0.6) is 0 Å². The van der Waals surface area contributed by atoms with Gasteiger partial charge in [0.05, 0.1) is 5.56 Å². The maximum atomic E-state index is 12.7. The number of hydrogen-bond donors (Lipinski definition) is 1. The quantitative estimate of drug-likeness (QED) is 0.701. The Balaban J connectivity index is 3.20. The molecule has 0 atom stereocenters. The molecule has 1 aromatic carbocycles. The van der Waals surface area contributed by atoms with E-state index in [-0.39, 0.29) is 5.56 Å². The van der Waals surface area contributed by atoms with Gasteiger partial charge in [-0.3, -0.25) is 0 Å². The van der Waals surface area contributed by atoms with Gasteiger partial charge in [-0.1, -0.05) is 0 Å². The molecule has 0 unspecified atom stereocenters. The van der Waals surface area contributed by atoms with Crippen molar-refractivity contribution in [1.82, 2.24) is 0 Å². The van der Waals surface area contributed by atoms with Gasteiger partial charge in [0.1, 0.15) is 5.82 Å². The smallest absolute Gasteiger partial charge is 0.405 e. The lowest BCUT2D eigenvalue weighted by Crippen LogP contribution is -2.05. The third-order valence-electron chi connectivity index (χ3n) is 1.54. The maximum absolute atomic E-state index is 12.7. The topological polar surface area (TPSA) is 26.0 Å². The van der Waals surface area contributed by atoms with E-state index in [9.17, 15) is 17.6 Å². The SMILES string of the molecule is NC=Cc1cc(F)cc(C(F)(F)F)c1. The van der Waals surface area contributed by atoms with E-state index in [2.05, 4.69) is 0 Å². The zero-order valence-corrected chi connectivity index (χ0v) is 6.98. The lowest BCUT2D eigenvalue weighted by atomic mass is 10.1. The monoisotopic (exact) mass is 205 g/mol. The zero-order valence-electron chi connectivity index (χ0n) is 6.98. The molecule has 0 saturated carbocycles. The second kappa shape index (κ2) is 3.69. The van der Waals surface area contributed by atoms with Crippen molar-refractivity contribution < 1.29 is 17.6 Å². The molecule has 1 rings (SSSR count). The van der Waals surface area contributed by atoms with Crippen molar-refractivity contribution in [3.8, 4) is 0 Å². The molecule has 0 radical (unpaired) electrons. The van der Waals surface area contributed by atoms with Gasteiger partial charge in [0.15, 0.2) is 0 Å². The number of nitrogens with two attached hydrogens (primary N) is 1. The van der Waals surface area contributed by atoms with E-state index >= 15 is 0 Å². The molecule has 0 fully saturated rings. The van der Waals surface area contributed by atoms with Crippen LogP contribution in [-0.4, -0.2) is 0 Å². The molecule has 0 aliphatic heterocycles. The molecule has 14 heavy (non-hydrogen) atoms. The van der Waals surface area contributed by atoms with E-state index in [1.54, 1.807) is 0 Å². The van der Waals surface area contributed by atoms with Crippen molar-refractivity contribution in [3.05, 3.63) is 41.3 Å². The van der Waals surface area contributed by atoms with Crippen LogP contribution in [-0.2, 0) is 6.18 Å². The first-order valence-electron chi connectivity index (χ1n) is 3.69. The van der Waals surface area contributed by atoms with Crippen LogP contribution in [0, 0.1) is 5.82 Å². The predicted octanol–water partition coefficient (Wildman–Crippen LogP) is 2.77. The lowest BCUT2D eigenvalue weighted by molar-refractivity contribution is -0.137. The Morgan fingerprint density at radius 2 is 1.79 bits per heavy atom. The number of benzene rings is 1. The normalized spacial score (nSPS) is 12.3. The van der Waals surface area contributed by atoms with E-state index in [0.29, 0.717) is 6.07 Å². The minimum atomic E-state index is -4.54. The highest BCUT2D eigenvalue weighted by atomic mass is 19.4. The molecular weight excluding hydrogens is 198 g/mol. The lowest BCUT2D eigenvalue weighted by Gasteiger charge is -2.07. The third-order valence-corrected chi connectivity index (χ3v) is 1.54. The molecule has 0 aliphatic carbocycles. The first kappa shape index (κ1) is 10.6. The highest BCUT2D eigenvalue weighted by molar-refractivity contribution is 5.50. The highest BCUT2D eigenvalue weighted by Gasteiger charge is 2.31. The molecule has 76 valence electrons. The average molecular weight is 205 g/mol. The van der Waals surface area contributed by atoms with E-state index in [4.69, 9.17) is 5.73 Å². The van der Waals surface area contributed by atoms with Crippen molar-refractivity contribution in [2.24, 2.45) is 5.73 Å². The average Bonchev–Trinajstić information content (AvgIpc) is 2.02. The fourth-order valence-electron chi connectivity index (χ4n) is 0.983. The molecule has 0 amide bonds. The fraction of sp³-hybridized carbons (Fsp3) is 0.111.